The third-order valence-corrected chi connectivity index (χ3v) is 3.41. The SMILES string of the molecule is COc1ccc(C2(C#N)CC2C)cc1OC. The average Bonchev–Trinajstić information content (AvgIpc) is 3.00. The first-order valence-electron chi connectivity index (χ1n) is 5.31. The van der Waals surface area contributed by atoms with E-state index in [0.717, 1.165) is 12.0 Å². The highest BCUT2D eigenvalue weighted by atomic mass is 16.5. The van der Waals surface area contributed by atoms with Crippen LogP contribution in [0.2, 0.25) is 0 Å². The monoisotopic (exact) mass is 217 g/mol. The molecule has 16 heavy (non-hydrogen) atoms. The van der Waals surface area contributed by atoms with Crippen LogP contribution in [0.3, 0.4) is 0 Å². The van der Waals surface area contributed by atoms with E-state index < -0.39 is 0 Å². The van der Waals surface area contributed by atoms with E-state index in [2.05, 4.69) is 13.0 Å². The first-order valence-corrected chi connectivity index (χ1v) is 5.31. The van der Waals surface area contributed by atoms with Crippen molar-refractivity contribution in [1.29, 1.82) is 5.26 Å². The zero-order chi connectivity index (χ0) is 11.8. The molecule has 0 amide bonds. The summed E-state index contributed by atoms with van der Waals surface area (Å²) >= 11 is 0. The van der Waals surface area contributed by atoms with E-state index >= 15 is 0 Å². The molecule has 2 atom stereocenters. The first-order chi connectivity index (χ1) is 7.67. The molecule has 0 aromatic heterocycles. The highest BCUT2D eigenvalue weighted by Gasteiger charge is 2.53. The summed E-state index contributed by atoms with van der Waals surface area (Å²) in [5.74, 6) is 1.82. The van der Waals surface area contributed by atoms with Crippen LogP contribution in [0.4, 0.5) is 0 Å². The van der Waals surface area contributed by atoms with E-state index in [1.54, 1.807) is 14.2 Å². The summed E-state index contributed by atoms with van der Waals surface area (Å²) in [4.78, 5) is 0. The van der Waals surface area contributed by atoms with E-state index in [-0.39, 0.29) is 5.41 Å². The minimum atomic E-state index is -0.306. The Kier molecular flexibility index (Phi) is 2.51. The summed E-state index contributed by atoms with van der Waals surface area (Å²) in [6.45, 7) is 2.10. The molecule has 0 N–H and O–H groups in total. The topological polar surface area (TPSA) is 42.2 Å². The molecule has 0 aliphatic heterocycles. The number of methoxy groups -OCH3 is 2. The lowest BCUT2D eigenvalue weighted by Crippen LogP contribution is -2.06. The molecule has 0 spiro atoms. The molecule has 3 heteroatoms. The molecule has 2 rings (SSSR count). The minimum Gasteiger partial charge on any atom is -0.493 e. The van der Waals surface area contributed by atoms with Gasteiger partial charge in [0, 0.05) is 0 Å². The average molecular weight is 217 g/mol. The third kappa shape index (κ3) is 1.42. The fourth-order valence-electron chi connectivity index (χ4n) is 2.16. The minimum absolute atomic E-state index is 0.306. The lowest BCUT2D eigenvalue weighted by molar-refractivity contribution is 0.354. The number of ether oxygens (including phenoxy) is 2. The Hall–Kier alpha value is -1.69. The third-order valence-electron chi connectivity index (χ3n) is 3.41. The number of rotatable bonds is 3. The number of nitrogens with zero attached hydrogens (tertiary/aromatic N) is 1. The Balaban J connectivity index is 2.42. The number of hydrogen-bond donors (Lipinski definition) is 0. The maximum atomic E-state index is 9.25. The van der Waals surface area contributed by atoms with E-state index in [9.17, 15) is 5.26 Å². The summed E-state index contributed by atoms with van der Waals surface area (Å²) in [5.41, 5.74) is 0.722. The molecule has 1 aliphatic rings. The van der Waals surface area contributed by atoms with Crippen molar-refractivity contribution < 1.29 is 9.47 Å². The molecule has 0 saturated heterocycles. The van der Waals surface area contributed by atoms with E-state index in [0.29, 0.717) is 17.4 Å². The lowest BCUT2D eigenvalue weighted by atomic mass is 9.95. The zero-order valence-electron chi connectivity index (χ0n) is 9.78. The van der Waals surface area contributed by atoms with Crippen LogP contribution in [0.15, 0.2) is 18.2 Å². The molecule has 1 fully saturated rings. The van der Waals surface area contributed by atoms with Crippen LogP contribution < -0.4 is 9.47 Å². The standard InChI is InChI=1S/C13H15NO2/c1-9-7-13(9,8-14)10-4-5-11(15-2)12(6-10)16-3/h4-6,9H,7H2,1-3H3. The van der Waals surface area contributed by atoms with Crippen LogP contribution in [-0.4, -0.2) is 14.2 Å². The van der Waals surface area contributed by atoms with E-state index in [4.69, 9.17) is 9.47 Å². The summed E-state index contributed by atoms with van der Waals surface area (Å²) in [6.07, 6.45) is 0.930. The Morgan fingerprint density at radius 1 is 1.31 bits per heavy atom. The van der Waals surface area contributed by atoms with E-state index in [1.807, 2.05) is 18.2 Å². The first kappa shape index (κ1) is 10.8. The number of hydrogen-bond acceptors (Lipinski definition) is 3. The van der Waals surface area contributed by atoms with Gasteiger partial charge in [-0.1, -0.05) is 13.0 Å². The summed E-state index contributed by atoms with van der Waals surface area (Å²) in [5, 5.41) is 9.25. The van der Waals surface area contributed by atoms with Crippen molar-refractivity contribution in [3.8, 4) is 17.6 Å². The van der Waals surface area contributed by atoms with Gasteiger partial charge in [0.2, 0.25) is 0 Å². The maximum Gasteiger partial charge on any atom is 0.161 e. The largest absolute Gasteiger partial charge is 0.493 e. The molecule has 1 aromatic rings. The van der Waals surface area contributed by atoms with Crippen LogP contribution >= 0.6 is 0 Å². The highest BCUT2D eigenvalue weighted by Crippen LogP contribution is 2.54. The Morgan fingerprint density at radius 3 is 2.38 bits per heavy atom. The van der Waals surface area contributed by atoms with Crippen molar-refractivity contribution in [2.75, 3.05) is 14.2 Å². The summed E-state index contributed by atoms with van der Waals surface area (Å²) < 4.78 is 10.4. The highest BCUT2D eigenvalue weighted by molar-refractivity contribution is 5.50. The van der Waals surface area contributed by atoms with Gasteiger partial charge in [0.25, 0.3) is 0 Å². The van der Waals surface area contributed by atoms with Crippen molar-refractivity contribution in [3.63, 3.8) is 0 Å². The van der Waals surface area contributed by atoms with Gasteiger partial charge < -0.3 is 9.47 Å². The Bertz CT molecular complexity index is 450. The molecule has 1 aliphatic carbocycles. The van der Waals surface area contributed by atoms with E-state index in [1.165, 1.54) is 0 Å². The van der Waals surface area contributed by atoms with Crippen LogP contribution in [0.1, 0.15) is 18.9 Å². The Labute approximate surface area is 95.6 Å². The zero-order valence-corrected chi connectivity index (χ0v) is 9.78. The van der Waals surface area contributed by atoms with Crippen molar-refractivity contribution in [1.82, 2.24) is 0 Å². The van der Waals surface area contributed by atoms with Gasteiger partial charge in [0.1, 0.15) is 0 Å². The molecule has 0 bridgehead atoms. The quantitative estimate of drug-likeness (QED) is 0.781. The molecule has 84 valence electrons. The predicted molar refractivity (Wildman–Crippen MR) is 60.6 cm³/mol. The lowest BCUT2D eigenvalue weighted by Gasteiger charge is -2.12. The summed E-state index contributed by atoms with van der Waals surface area (Å²) in [6, 6.07) is 8.13. The van der Waals surface area contributed by atoms with Gasteiger partial charge in [-0.2, -0.15) is 5.26 Å². The molecule has 1 aromatic carbocycles. The van der Waals surface area contributed by atoms with Gasteiger partial charge >= 0.3 is 0 Å². The molecule has 1 saturated carbocycles. The van der Waals surface area contributed by atoms with Gasteiger partial charge in [-0.05, 0) is 30.0 Å². The van der Waals surface area contributed by atoms with Crippen molar-refractivity contribution in [3.05, 3.63) is 23.8 Å². The molecule has 3 nitrogen and oxygen atoms in total. The second-order valence-electron chi connectivity index (χ2n) is 4.26. The van der Waals surface area contributed by atoms with Crippen molar-refractivity contribution in [2.24, 2.45) is 5.92 Å². The van der Waals surface area contributed by atoms with Gasteiger partial charge in [0.05, 0.1) is 25.7 Å². The van der Waals surface area contributed by atoms with Crippen LogP contribution in [0.5, 0.6) is 11.5 Å². The fraction of sp³-hybridized carbons (Fsp3) is 0.462. The second kappa shape index (κ2) is 3.71. The molecular formula is C13H15NO2. The smallest absolute Gasteiger partial charge is 0.161 e. The van der Waals surface area contributed by atoms with Crippen LogP contribution in [0, 0.1) is 17.2 Å². The molecule has 0 heterocycles. The normalized spacial score (nSPS) is 27.0. The Morgan fingerprint density at radius 2 is 1.94 bits per heavy atom. The second-order valence-corrected chi connectivity index (χ2v) is 4.26. The van der Waals surface area contributed by atoms with Crippen LogP contribution in [0.25, 0.3) is 0 Å². The maximum absolute atomic E-state index is 9.25. The van der Waals surface area contributed by atoms with Crippen LogP contribution in [-0.2, 0) is 5.41 Å². The predicted octanol–water partition coefficient (Wildman–Crippen LogP) is 2.50. The van der Waals surface area contributed by atoms with Gasteiger partial charge in [-0.25, -0.2) is 0 Å². The van der Waals surface area contributed by atoms with Crippen molar-refractivity contribution >= 4 is 0 Å². The fourth-order valence-corrected chi connectivity index (χ4v) is 2.16. The number of nitriles is 1. The number of benzene rings is 1. The van der Waals surface area contributed by atoms with Gasteiger partial charge in [0.15, 0.2) is 11.5 Å². The van der Waals surface area contributed by atoms with Crippen molar-refractivity contribution in [2.45, 2.75) is 18.8 Å². The molecule has 0 radical (unpaired) electrons. The summed E-state index contributed by atoms with van der Waals surface area (Å²) in [7, 11) is 3.22. The van der Waals surface area contributed by atoms with Gasteiger partial charge in [-0.15, -0.1) is 0 Å². The molecule has 2 unspecified atom stereocenters. The molecular weight excluding hydrogens is 202 g/mol. The van der Waals surface area contributed by atoms with Gasteiger partial charge in [-0.3, -0.25) is 0 Å².